The zero-order valence-electron chi connectivity index (χ0n) is 12.0. The SMILES string of the molecule is [2H]C([2H])(NC(=S)SC)C([2H])([2H])OC1CCCCO1. The Morgan fingerprint density at radius 1 is 1.79 bits per heavy atom. The van der Waals surface area contributed by atoms with Crippen LogP contribution in [-0.2, 0) is 9.47 Å². The van der Waals surface area contributed by atoms with E-state index in [1.54, 1.807) is 6.26 Å². The van der Waals surface area contributed by atoms with Crippen LogP contribution in [0.15, 0.2) is 0 Å². The molecule has 0 spiro atoms. The molecule has 0 saturated carbocycles. The van der Waals surface area contributed by atoms with E-state index in [0.29, 0.717) is 13.0 Å². The van der Waals surface area contributed by atoms with E-state index < -0.39 is 19.3 Å². The average Bonchev–Trinajstić information content (AvgIpc) is 2.28. The van der Waals surface area contributed by atoms with Gasteiger partial charge in [-0.25, -0.2) is 0 Å². The van der Waals surface area contributed by atoms with Crippen LogP contribution in [0.25, 0.3) is 0 Å². The van der Waals surface area contributed by atoms with Crippen LogP contribution >= 0.6 is 24.0 Å². The van der Waals surface area contributed by atoms with Crippen molar-refractivity contribution in [3.8, 4) is 0 Å². The Morgan fingerprint density at radius 3 is 3.29 bits per heavy atom. The molecule has 1 aliphatic rings. The molecule has 1 aliphatic heterocycles. The van der Waals surface area contributed by atoms with E-state index in [1.165, 1.54) is 0 Å². The summed E-state index contributed by atoms with van der Waals surface area (Å²) in [5, 5.41) is 2.31. The molecule has 1 atom stereocenters. The maximum absolute atomic E-state index is 7.69. The zero-order valence-corrected chi connectivity index (χ0v) is 9.67. The number of nitrogens with one attached hydrogen (secondary N) is 1. The van der Waals surface area contributed by atoms with E-state index in [2.05, 4.69) is 5.32 Å². The van der Waals surface area contributed by atoms with Gasteiger partial charge in [-0.15, -0.1) is 11.8 Å². The monoisotopic (exact) mass is 239 g/mol. The number of ether oxygens (including phenoxy) is 2. The fourth-order valence-corrected chi connectivity index (χ4v) is 1.23. The molecule has 1 unspecified atom stereocenters. The van der Waals surface area contributed by atoms with Gasteiger partial charge in [-0.1, -0.05) is 12.2 Å². The smallest absolute Gasteiger partial charge is 0.157 e. The largest absolute Gasteiger partial charge is 0.369 e. The number of rotatable bonds is 4. The summed E-state index contributed by atoms with van der Waals surface area (Å²) in [6.07, 6.45) is 3.37. The second-order valence-electron chi connectivity index (χ2n) is 2.76. The van der Waals surface area contributed by atoms with Gasteiger partial charge in [0, 0.05) is 13.1 Å². The van der Waals surface area contributed by atoms with E-state index in [1.807, 2.05) is 0 Å². The van der Waals surface area contributed by atoms with E-state index in [4.69, 9.17) is 27.2 Å². The van der Waals surface area contributed by atoms with Crippen molar-refractivity contribution in [2.75, 3.05) is 25.9 Å². The highest BCUT2D eigenvalue weighted by Gasteiger charge is 2.13. The summed E-state index contributed by atoms with van der Waals surface area (Å²) < 4.78 is 41.3. The van der Waals surface area contributed by atoms with Crippen LogP contribution in [0.1, 0.15) is 24.7 Å². The fourth-order valence-electron chi connectivity index (χ4n) is 1.03. The second-order valence-corrected chi connectivity index (χ2v) is 4.24. The highest BCUT2D eigenvalue weighted by Crippen LogP contribution is 2.13. The van der Waals surface area contributed by atoms with Crippen molar-refractivity contribution in [2.45, 2.75) is 25.6 Å². The lowest BCUT2D eigenvalue weighted by Gasteiger charge is -2.22. The maximum atomic E-state index is 7.69. The summed E-state index contributed by atoms with van der Waals surface area (Å²) in [6.45, 7) is -4.41. The highest BCUT2D eigenvalue weighted by atomic mass is 32.2. The first-order valence-corrected chi connectivity index (χ1v) is 6.07. The van der Waals surface area contributed by atoms with Gasteiger partial charge < -0.3 is 14.8 Å². The molecule has 0 radical (unpaired) electrons. The third-order valence-corrected chi connectivity index (χ3v) is 2.80. The molecule has 3 nitrogen and oxygen atoms in total. The third kappa shape index (κ3) is 5.14. The fraction of sp³-hybridized carbons (Fsp3) is 0.889. The predicted molar refractivity (Wildman–Crippen MR) is 63.7 cm³/mol. The first kappa shape index (κ1) is 7.44. The van der Waals surface area contributed by atoms with Crippen molar-refractivity contribution in [3.63, 3.8) is 0 Å². The Labute approximate surface area is 101 Å². The number of hydrogen-bond donors (Lipinski definition) is 1. The van der Waals surface area contributed by atoms with Crippen LogP contribution in [0.2, 0.25) is 0 Å². The van der Waals surface area contributed by atoms with Gasteiger partial charge in [-0.3, -0.25) is 0 Å². The lowest BCUT2D eigenvalue weighted by molar-refractivity contribution is -0.160. The topological polar surface area (TPSA) is 30.5 Å². The first-order valence-electron chi connectivity index (χ1n) is 6.44. The lowest BCUT2D eigenvalue weighted by atomic mass is 10.2. The lowest BCUT2D eigenvalue weighted by Crippen LogP contribution is -2.28. The predicted octanol–water partition coefficient (Wildman–Crippen LogP) is 1.77. The van der Waals surface area contributed by atoms with Crippen molar-refractivity contribution in [3.05, 3.63) is 0 Å². The normalized spacial score (nSPS) is 28.2. The van der Waals surface area contributed by atoms with Crippen LogP contribution in [-0.4, -0.2) is 36.5 Å². The molecule has 1 heterocycles. The van der Waals surface area contributed by atoms with Crippen LogP contribution in [0.5, 0.6) is 0 Å². The minimum absolute atomic E-state index is 0.178. The Bertz CT molecular complexity index is 298. The molecule has 1 fully saturated rings. The van der Waals surface area contributed by atoms with E-state index >= 15 is 0 Å². The molecule has 0 amide bonds. The molecule has 0 aromatic carbocycles. The Morgan fingerprint density at radius 2 is 2.64 bits per heavy atom. The molecule has 0 aromatic rings. The summed E-state index contributed by atoms with van der Waals surface area (Å²) in [6, 6.07) is 0. The third-order valence-electron chi connectivity index (χ3n) is 1.73. The number of thiocarbonyl (C=S) groups is 1. The molecule has 0 aliphatic carbocycles. The standard InChI is InChI=1S/C9H17NO2S2/c1-14-9(13)10-5-7-12-8-4-2-3-6-11-8/h8H,2-7H2,1H3,(H,10,13)/i5D2,7D2. The van der Waals surface area contributed by atoms with Gasteiger partial charge in [0.2, 0.25) is 0 Å². The summed E-state index contributed by atoms with van der Waals surface area (Å²) in [5.41, 5.74) is 0. The van der Waals surface area contributed by atoms with Gasteiger partial charge in [0.15, 0.2) is 6.29 Å². The summed E-state index contributed by atoms with van der Waals surface area (Å²) in [4.78, 5) is 0. The van der Waals surface area contributed by atoms with Crippen molar-refractivity contribution in [1.29, 1.82) is 0 Å². The van der Waals surface area contributed by atoms with E-state index in [0.717, 1.165) is 24.6 Å². The van der Waals surface area contributed by atoms with Crippen LogP contribution < -0.4 is 5.32 Å². The molecule has 5 heteroatoms. The van der Waals surface area contributed by atoms with Crippen molar-refractivity contribution in [2.24, 2.45) is 0 Å². The Kier molecular flexibility index (Phi) is 3.96. The first-order chi connectivity index (χ1) is 8.28. The van der Waals surface area contributed by atoms with Gasteiger partial charge in [-0.2, -0.15) is 0 Å². The number of hydrogen-bond acceptors (Lipinski definition) is 4. The second kappa shape index (κ2) is 7.45. The zero-order chi connectivity index (χ0) is 13.8. The highest BCUT2D eigenvalue weighted by molar-refractivity contribution is 8.22. The van der Waals surface area contributed by atoms with E-state index in [-0.39, 0.29) is 4.32 Å². The van der Waals surface area contributed by atoms with E-state index in [9.17, 15) is 0 Å². The molecule has 82 valence electrons. The van der Waals surface area contributed by atoms with Gasteiger partial charge in [0.25, 0.3) is 0 Å². The van der Waals surface area contributed by atoms with Crippen molar-refractivity contribution < 1.29 is 15.0 Å². The Balaban J connectivity index is 2.61. The van der Waals surface area contributed by atoms with Crippen LogP contribution in [0.3, 0.4) is 0 Å². The molecule has 1 rings (SSSR count). The minimum Gasteiger partial charge on any atom is -0.369 e. The molecule has 1 N–H and O–H groups in total. The van der Waals surface area contributed by atoms with Gasteiger partial charge in [-0.05, 0) is 25.5 Å². The van der Waals surface area contributed by atoms with Crippen LogP contribution in [0, 0.1) is 0 Å². The molecular formula is C9H17NO2S2. The van der Waals surface area contributed by atoms with Gasteiger partial charge in [0.05, 0.1) is 12.0 Å². The molecule has 0 aromatic heterocycles. The minimum atomic E-state index is -2.52. The summed E-state index contributed by atoms with van der Waals surface area (Å²) in [5.74, 6) is 0. The maximum Gasteiger partial charge on any atom is 0.157 e. The van der Waals surface area contributed by atoms with Gasteiger partial charge in [0.1, 0.15) is 4.32 Å². The molecule has 0 bridgehead atoms. The Hall–Kier alpha value is 0.160. The quantitative estimate of drug-likeness (QED) is 0.756. The van der Waals surface area contributed by atoms with Crippen molar-refractivity contribution >= 4 is 28.3 Å². The molecular weight excluding hydrogens is 218 g/mol. The summed E-state index contributed by atoms with van der Waals surface area (Å²) >= 11 is 5.98. The van der Waals surface area contributed by atoms with Gasteiger partial charge >= 0.3 is 0 Å². The average molecular weight is 239 g/mol. The number of thioether (sulfide) groups is 1. The molecule has 14 heavy (non-hydrogen) atoms. The van der Waals surface area contributed by atoms with Crippen molar-refractivity contribution in [1.82, 2.24) is 5.32 Å². The summed E-state index contributed by atoms with van der Waals surface area (Å²) in [7, 11) is 0. The van der Waals surface area contributed by atoms with Crippen LogP contribution in [0.4, 0.5) is 0 Å². The molecule has 1 saturated heterocycles.